The Morgan fingerprint density at radius 3 is 2.73 bits per heavy atom. The van der Waals surface area contributed by atoms with Crippen LogP contribution in [0.2, 0.25) is 5.02 Å². The largest absolute Gasteiger partial charge is 0.497 e. The Labute approximate surface area is 168 Å². The summed E-state index contributed by atoms with van der Waals surface area (Å²) in [6, 6.07) is 10.6. The van der Waals surface area contributed by atoms with Gasteiger partial charge in [-0.05, 0) is 36.4 Å². The summed E-state index contributed by atoms with van der Waals surface area (Å²) in [7, 11) is 3.19. The number of methoxy groups -OCH3 is 2. The number of benzene rings is 2. The predicted molar refractivity (Wildman–Crippen MR) is 108 cm³/mol. The van der Waals surface area contributed by atoms with Crippen LogP contribution >= 0.6 is 38.9 Å². The Bertz CT molecular complexity index is 961. The Kier molecular flexibility index (Phi) is 5.80. The summed E-state index contributed by atoms with van der Waals surface area (Å²) in [5.74, 6) is 1.04. The molecule has 0 spiro atoms. The van der Waals surface area contributed by atoms with E-state index < -0.39 is 0 Å². The minimum absolute atomic E-state index is 0.324. The van der Waals surface area contributed by atoms with E-state index in [0.717, 1.165) is 10.0 Å². The van der Waals surface area contributed by atoms with Crippen LogP contribution in [-0.4, -0.2) is 25.1 Å². The highest BCUT2D eigenvalue weighted by Crippen LogP contribution is 2.35. The Morgan fingerprint density at radius 2 is 2.00 bits per heavy atom. The van der Waals surface area contributed by atoms with Gasteiger partial charge in [0.2, 0.25) is 0 Å². The van der Waals surface area contributed by atoms with Gasteiger partial charge < -0.3 is 9.47 Å². The topological polar surface area (TPSA) is 60.5 Å². The third kappa shape index (κ3) is 4.00. The van der Waals surface area contributed by atoms with E-state index >= 15 is 0 Å². The Morgan fingerprint density at radius 1 is 1.19 bits per heavy atom. The average Bonchev–Trinajstić information content (AvgIpc) is 3.11. The second-order valence-electron chi connectivity index (χ2n) is 5.18. The zero-order chi connectivity index (χ0) is 18.7. The molecule has 0 fully saturated rings. The predicted octanol–water partition coefficient (Wildman–Crippen LogP) is 5.50. The van der Waals surface area contributed by atoms with Crippen molar-refractivity contribution in [3.8, 4) is 22.8 Å². The Hall–Kier alpha value is -2.09. The first-order valence-corrected chi connectivity index (χ1v) is 9.51. The van der Waals surface area contributed by atoms with E-state index in [-0.39, 0.29) is 5.91 Å². The van der Waals surface area contributed by atoms with E-state index in [9.17, 15) is 4.79 Å². The minimum Gasteiger partial charge on any atom is -0.497 e. The summed E-state index contributed by atoms with van der Waals surface area (Å²) < 4.78 is 11.4. The molecule has 0 atom stereocenters. The number of carbonyl (C=O) groups is 1. The monoisotopic (exact) mass is 452 g/mol. The van der Waals surface area contributed by atoms with Gasteiger partial charge in [-0.25, -0.2) is 4.98 Å². The average molecular weight is 454 g/mol. The van der Waals surface area contributed by atoms with Gasteiger partial charge >= 0.3 is 0 Å². The molecule has 26 heavy (non-hydrogen) atoms. The summed E-state index contributed by atoms with van der Waals surface area (Å²) in [6.45, 7) is 0. The van der Waals surface area contributed by atoms with E-state index in [1.165, 1.54) is 11.3 Å². The second kappa shape index (κ2) is 8.07. The van der Waals surface area contributed by atoms with Gasteiger partial charge in [0.25, 0.3) is 5.91 Å². The van der Waals surface area contributed by atoms with Crippen LogP contribution in [0.1, 0.15) is 10.4 Å². The van der Waals surface area contributed by atoms with Crippen molar-refractivity contribution in [3.05, 3.63) is 56.8 Å². The zero-order valence-corrected chi connectivity index (χ0v) is 17.0. The molecule has 5 nitrogen and oxygen atoms in total. The van der Waals surface area contributed by atoms with E-state index in [4.69, 9.17) is 21.1 Å². The van der Waals surface area contributed by atoms with Crippen LogP contribution in [0, 0.1) is 0 Å². The van der Waals surface area contributed by atoms with Gasteiger partial charge in [0.05, 0.1) is 30.5 Å². The molecular formula is C18H14BrClN2O3S. The second-order valence-corrected chi connectivity index (χ2v) is 7.36. The van der Waals surface area contributed by atoms with Crippen molar-refractivity contribution >= 4 is 49.9 Å². The van der Waals surface area contributed by atoms with Crippen molar-refractivity contribution < 1.29 is 14.3 Å². The molecular weight excluding hydrogens is 440 g/mol. The fourth-order valence-corrected chi connectivity index (χ4v) is 3.58. The SMILES string of the molecule is COc1ccc(OC)c(-c2csc(NC(=O)c3cc(Br)ccc3Cl)n2)c1. The number of aromatic nitrogens is 1. The molecule has 1 amide bonds. The van der Waals surface area contributed by atoms with Crippen molar-refractivity contribution in [1.29, 1.82) is 0 Å². The van der Waals surface area contributed by atoms with Gasteiger partial charge in [0.1, 0.15) is 11.5 Å². The number of ether oxygens (including phenoxy) is 2. The van der Waals surface area contributed by atoms with Crippen molar-refractivity contribution in [2.45, 2.75) is 0 Å². The summed E-state index contributed by atoms with van der Waals surface area (Å²) in [5.41, 5.74) is 1.84. The van der Waals surface area contributed by atoms with E-state index in [0.29, 0.717) is 32.9 Å². The van der Waals surface area contributed by atoms with Crippen molar-refractivity contribution in [1.82, 2.24) is 4.98 Å². The first-order valence-electron chi connectivity index (χ1n) is 7.46. The van der Waals surface area contributed by atoms with E-state index in [2.05, 4.69) is 26.2 Å². The van der Waals surface area contributed by atoms with Crippen LogP contribution in [0.15, 0.2) is 46.3 Å². The standard InChI is InChI=1S/C18H14BrClN2O3S/c1-24-11-4-6-16(25-2)13(8-11)15-9-26-18(21-15)22-17(23)12-7-10(19)3-5-14(12)20/h3-9H,1-2H3,(H,21,22,23). The molecule has 0 aliphatic heterocycles. The number of amides is 1. The summed E-state index contributed by atoms with van der Waals surface area (Å²) in [4.78, 5) is 16.9. The summed E-state index contributed by atoms with van der Waals surface area (Å²) in [5, 5.41) is 5.45. The molecule has 0 unspecified atom stereocenters. The van der Waals surface area contributed by atoms with E-state index in [1.807, 2.05) is 23.6 Å². The molecule has 0 aliphatic rings. The van der Waals surface area contributed by atoms with E-state index in [1.54, 1.807) is 32.4 Å². The number of anilines is 1. The summed E-state index contributed by atoms with van der Waals surface area (Å²) >= 11 is 10.8. The lowest BCUT2D eigenvalue weighted by Gasteiger charge is -2.08. The summed E-state index contributed by atoms with van der Waals surface area (Å²) in [6.07, 6.45) is 0. The van der Waals surface area contributed by atoms with Crippen LogP contribution in [0.5, 0.6) is 11.5 Å². The normalized spacial score (nSPS) is 10.5. The van der Waals surface area contributed by atoms with Crippen LogP contribution < -0.4 is 14.8 Å². The smallest absolute Gasteiger partial charge is 0.258 e. The molecule has 3 aromatic rings. The molecule has 1 N–H and O–H groups in total. The maximum Gasteiger partial charge on any atom is 0.258 e. The highest BCUT2D eigenvalue weighted by Gasteiger charge is 2.15. The molecule has 0 saturated heterocycles. The molecule has 0 saturated carbocycles. The number of carbonyl (C=O) groups excluding carboxylic acids is 1. The van der Waals surface area contributed by atoms with Gasteiger partial charge in [-0.1, -0.05) is 27.5 Å². The van der Waals surface area contributed by atoms with Crippen LogP contribution in [0.3, 0.4) is 0 Å². The molecule has 1 aromatic heterocycles. The van der Waals surface area contributed by atoms with Crippen LogP contribution in [-0.2, 0) is 0 Å². The lowest BCUT2D eigenvalue weighted by molar-refractivity contribution is 0.102. The lowest BCUT2D eigenvalue weighted by atomic mass is 10.1. The van der Waals surface area contributed by atoms with Gasteiger partial charge in [-0.2, -0.15) is 0 Å². The highest BCUT2D eigenvalue weighted by molar-refractivity contribution is 9.10. The number of nitrogens with zero attached hydrogens (tertiary/aromatic N) is 1. The first kappa shape index (κ1) is 18.7. The van der Waals surface area contributed by atoms with Crippen LogP contribution in [0.4, 0.5) is 5.13 Å². The number of rotatable bonds is 5. The Balaban J connectivity index is 1.87. The van der Waals surface area contributed by atoms with Crippen molar-refractivity contribution in [2.24, 2.45) is 0 Å². The van der Waals surface area contributed by atoms with Crippen molar-refractivity contribution in [3.63, 3.8) is 0 Å². The maximum absolute atomic E-state index is 12.5. The molecule has 1 heterocycles. The fraction of sp³-hybridized carbons (Fsp3) is 0.111. The number of hydrogen-bond donors (Lipinski definition) is 1. The third-order valence-corrected chi connectivity index (χ3v) is 5.16. The molecule has 0 aliphatic carbocycles. The van der Waals surface area contributed by atoms with Crippen LogP contribution in [0.25, 0.3) is 11.3 Å². The third-order valence-electron chi connectivity index (χ3n) is 3.58. The molecule has 3 rings (SSSR count). The zero-order valence-electron chi connectivity index (χ0n) is 13.9. The highest BCUT2D eigenvalue weighted by atomic mass is 79.9. The maximum atomic E-state index is 12.5. The minimum atomic E-state index is -0.324. The molecule has 0 bridgehead atoms. The lowest BCUT2D eigenvalue weighted by Crippen LogP contribution is -2.12. The van der Waals surface area contributed by atoms with Gasteiger partial charge in [-0.3, -0.25) is 10.1 Å². The molecule has 8 heteroatoms. The molecule has 2 aromatic carbocycles. The number of halogens is 2. The van der Waals surface area contributed by atoms with Crippen molar-refractivity contribution in [2.75, 3.05) is 19.5 Å². The number of thiazole rings is 1. The first-order chi connectivity index (χ1) is 12.5. The molecule has 0 radical (unpaired) electrons. The van der Waals surface area contributed by atoms with Gasteiger partial charge in [0.15, 0.2) is 5.13 Å². The molecule has 134 valence electrons. The fourth-order valence-electron chi connectivity index (χ4n) is 2.31. The van der Waals surface area contributed by atoms with Gasteiger partial charge in [0, 0.05) is 15.4 Å². The number of nitrogens with one attached hydrogen (secondary N) is 1. The van der Waals surface area contributed by atoms with Gasteiger partial charge in [-0.15, -0.1) is 11.3 Å². The number of hydrogen-bond acceptors (Lipinski definition) is 5. The quantitative estimate of drug-likeness (QED) is 0.554.